The summed E-state index contributed by atoms with van der Waals surface area (Å²) in [5.41, 5.74) is 3.05. The lowest BCUT2D eigenvalue weighted by atomic mass is 10.1. The minimum absolute atomic E-state index is 0.0562. The van der Waals surface area contributed by atoms with Gasteiger partial charge in [-0.3, -0.25) is 14.4 Å². The molecule has 0 spiro atoms. The lowest BCUT2D eigenvalue weighted by Gasteiger charge is -2.17. The normalized spacial score (nSPS) is 17.8. The third-order valence-corrected chi connectivity index (χ3v) is 6.11. The van der Waals surface area contributed by atoms with Crippen LogP contribution in [-0.2, 0) is 0 Å². The molecule has 2 atom stereocenters. The average Bonchev–Trinajstić information content (AvgIpc) is 3.16. The number of ether oxygens (including phenoxy) is 1. The Morgan fingerprint density at radius 3 is 2.75 bits per heavy atom. The maximum Gasteiger partial charge on any atom is 0.201 e. The van der Waals surface area contributed by atoms with E-state index in [0.717, 1.165) is 32.0 Å². The van der Waals surface area contributed by atoms with Gasteiger partial charge in [0.05, 0.1) is 29.8 Å². The topological polar surface area (TPSA) is 141 Å². The summed E-state index contributed by atoms with van der Waals surface area (Å²) in [5, 5.41) is 22.8. The maximum atomic E-state index is 13.3. The number of aromatic nitrogens is 3. The van der Waals surface area contributed by atoms with Gasteiger partial charge in [-0.05, 0) is 51.3 Å². The van der Waals surface area contributed by atoms with Crippen molar-refractivity contribution in [2.75, 3.05) is 13.1 Å². The summed E-state index contributed by atoms with van der Waals surface area (Å²) in [4.78, 5) is 15.1. The van der Waals surface area contributed by atoms with Crippen LogP contribution in [0.25, 0.3) is 5.65 Å². The number of nitrogens with zero attached hydrogens (tertiary/aromatic N) is 8. The highest BCUT2D eigenvalue weighted by Gasteiger charge is 2.20. The third-order valence-electron chi connectivity index (χ3n) is 6.11. The fourth-order valence-corrected chi connectivity index (χ4v) is 4.27. The summed E-state index contributed by atoms with van der Waals surface area (Å²) in [7, 11) is 0. The van der Waals surface area contributed by atoms with Crippen LogP contribution in [0.15, 0.2) is 46.8 Å². The molecule has 0 aromatic carbocycles. The van der Waals surface area contributed by atoms with Gasteiger partial charge in [-0.1, -0.05) is 0 Å². The summed E-state index contributed by atoms with van der Waals surface area (Å²) < 4.78 is 21.1. The van der Waals surface area contributed by atoms with Crippen molar-refractivity contribution < 1.29 is 9.13 Å². The molecule has 36 heavy (non-hydrogen) atoms. The number of rotatable bonds is 6. The fraction of sp³-hybridized carbons (Fsp3) is 0.360. The molecule has 3 aromatic heterocycles. The molecule has 0 amide bonds. The van der Waals surface area contributed by atoms with E-state index in [1.807, 2.05) is 6.92 Å². The smallest absolute Gasteiger partial charge is 0.201 e. The zero-order valence-electron chi connectivity index (χ0n) is 20.1. The highest BCUT2D eigenvalue weighted by atomic mass is 19.1. The van der Waals surface area contributed by atoms with Crippen LogP contribution in [0.4, 0.5) is 4.39 Å². The van der Waals surface area contributed by atoms with Crippen LogP contribution in [0.5, 0.6) is 5.88 Å². The predicted molar refractivity (Wildman–Crippen MR) is 132 cm³/mol. The van der Waals surface area contributed by atoms with Crippen LogP contribution >= 0.6 is 0 Å². The molecule has 184 valence electrons. The van der Waals surface area contributed by atoms with Crippen LogP contribution in [0.1, 0.15) is 56.2 Å². The lowest BCUT2D eigenvalue weighted by molar-refractivity contribution is 0.209. The van der Waals surface area contributed by atoms with Gasteiger partial charge in [0, 0.05) is 24.7 Å². The molecule has 1 fully saturated rings. The molecular formula is C25H26FN9O. The largest absolute Gasteiger partial charge is 0.469 e. The number of nitriles is 2. The standard InChI is InChI=1S/C25H26FN9O/c1-16(32-20-4-3-8-34(15-28)9-7-20)25(33-29)18-10-23-31-14-21(12-27)35(23)24(11-18)36-17(2)22-6-5-19(26)13-30-22/h5-6,10-11,13-14,17,20H,3-4,7-9,29H2,1-2H3/b32-16?,33-25+. The first-order valence-electron chi connectivity index (χ1n) is 11.6. The van der Waals surface area contributed by atoms with Crippen LogP contribution < -0.4 is 10.6 Å². The Labute approximate surface area is 208 Å². The van der Waals surface area contributed by atoms with Crippen LogP contribution in [0, 0.1) is 28.6 Å². The molecule has 11 heteroatoms. The molecule has 0 saturated carbocycles. The highest BCUT2D eigenvalue weighted by molar-refractivity contribution is 6.47. The first kappa shape index (κ1) is 24.6. The van der Waals surface area contributed by atoms with Crippen molar-refractivity contribution in [2.24, 2.45) is 15.9 Å². The number of pyridine rings is 2. The second kappa shape index (κ2) is 10.8. The Morgan fingerprint density at radius 1 is 1.22 bits per heavy atom. The van der Waals surface area contributed by atoms with E-state index in [-0.39, 0.29) is 6.04 Å². The van der Waals surface area contributed by atoms with Crippen molar-refractivity contribution in [1.29, 1.82) is 10.5 Å². The first-order chi connectivity index (χ1) is 17.4. The van der Waals surface area contributed by atoms with Crippen molar-refractivity contribution in [3.8, 4) is 18.1 Å². The molecule has 3 aromatic rings. The summed E-state index contributed by atoms with van der Waals surface area (Å²) in [6.07, 6.45) is 6.77. The van der Waals surface area contributed by atoms with Crippen molar-refractivity contribution in [2.45, 2.75) is 45.3 Å². The zero-order valence-corrected chi connectivity index (χ0v) is 20.1. The minimum atomic E-state index is -0.542. The van der Waals surface area contributed by atoms with Crippen molar-refractivity contribution >= 4 is 17.1 Å². The van der Waals surface area contributed by atoms with Crippen molar-refractivity contribution in [3.05, 3.63) is 59.4 Å². The summed E-state index contributed by atoms with van der Waals surface area (Å²) >= 11 is 0. The number of halogens is 1. The van der Waals surface area contributed by atoms with E-state index >= 15 is 0 Å². The number of hydrazone groups is 1. The fourth-order valence-electron chi connectivity index (χ4n) is 4.27. The number of hydrogen-bond acceptors (Lipinski definition) is 9. The van der Waals surface area contributed by atoms with E-state index in [2.05, 4.69) is 27.3 Å². The molecule has 4 heterocycles. The summed E-state index contributed by atoms with van der Waals surface area (Å²) in [5.74, 6) is 5.70. The Bertz CT molecular complexity index is 1380. The van der Waals surface area contributed by atoms with E-state index in [1.165, 1.54) is 12.3 Å². The summed E-state index contributed by atoms with van der Waals surface area (Å²) in [6.45, 7) is 5.03. The highest BCUT2D eigenvalue weighted by Crippen LogP contribution is 2.26. The number of likely N-dealkylation sites (tertiary alicyclic amines) is 1. The second-order valence-corrected chi connectivity index (χ2v) is 8.56. The molecule has 0 radical (unpaired) electrons. The molecule has 4 rings (SSSR count). The van der Waals surface area contributed by atoms with Crippen LogP contribution in [0.3, 0.4) is 0 Å². The molecule has 0 aliphatic carbocycles. The number of fused-ring (bicyclic) bond motifs is 1. The van der Waals surface area contributed by atoms with Crippen molar-refractivity contribution in [3.63, 3.8) is 0 Å². The van der Waals surface area contributed by atoms with E-state index < -0.39 is 11.9 Å². The molecular weight excluding hydrogens is 461 g/mol. The second-order valence-electron chi connectivity index (χ2n) is 8.56. The van der Waals surface area contributed by atoms with Gasteiger partial charge in [0.2, 0.25) is 5.88 Å². The molecule has 2 unspecified atom stereocenters. The van der Waals surface area contributed by atoms with Gasteiger partial charge in [-0.25, -0.2) is 9.37 Å². The number of nitrogens with two attached hydrogens (primary N) is 1. The summed E-state index contributed by atoms with van der Waals surface area (Å²) in [6, 6.07) is 8.52. The Balaban J connectivity index is 1.68. The van der Waals surface area contributed by atoms with Gasteiger partial charge < -0.3 is 15.5 Å². The Morgan fingerprint density at radius 2 is 2.06 bits per heavy atom. The van der Waals surface area contributed by atoms with Gasteiger partial charge in [-0.15, -0.1) is 0 Å². The molecule has 0 bridgehead atoms. The minimum Gasteiger partial charge on any atom is -0.469 e. The van der Waals surface area contributed by atoms with Crippen molar-refractivity contribution in [1.82, 2.24) is 19.3 Å². The number of imidazole rings is 1. The van der Waals surface area contributed by atoms with E-state index in [1.54, 1.807) is 34.4 Å². The monoisotopic (exact) mass is 487 g/mol. The molecule has 10 nitrogen and oxygen atoms in total. The van der Waals surface area contributed by atoms with Gasteiger partial charge in [0.15, 0.2) is 6.19 Å². The van der Waals surface area contributed by atoms with Crippen LogP contribution in [-0.4, -0.2) is 49.8 Å². The van der Waals surface area contributed by atoms with Gasteiger partial charge in [-0.2, -0.15) is 15.6 Å². The molecule has 2 N–H and O–H groups in total. The zero-order chi connectivity index (χ0) is 25.7. The quantitative estimate of drug-likeness (QED) is 0.243. The first-order valence-corrected chi connectivity index (χ1v) is 11.6. The third kappa shape index (κ3) is 5.26. The van der Waals surface area contributed by atoms with Gasteiger partial charge >= 0.3 is 0 Å². The van der Waals surface area contributed by atoms with Gasteiger partial charge in [0.25, 0.3) is 0 Å². The van der Waals surface area contributed by atoms with E-state index in [0.29, 0.717) is 46.4 Å². The molecule has 1 aliphatic rings. The molecule has 1 aliphatic heterocycles. The number of aliphatic imine (C=N–C) groups is 1. The maximum absolute atomic E-state index is 13.3. The average molecular weight is 488 g/mol. The van der Waals surface area contributed by atoms with Gasteiger partial charge in [0.1, 0.15) is 35.0 Å². The SMILES string of the molecule is CC(=NC1CCCN(C#N)CC1)/C(=N\N)c1cc(OC(C)c2ccc(F)cn2)n2c(C#N)cnc2c1. The Kier molecular flexibility index (Phi) is 7.40. The van der Waals surface area contributed by atoms with E-state index in [4.69, 9.17) is 15.6 Å². The number of hydrogen-bond donors (Lipinski definition) is 1. The molecule has 1 saturated heterocycles. The van der Waals surface area contributed by atoms with E-state index in [9.17, 15) is 14.9 Å². The predicted octanol–water partition coefficient (Wildman–Crippen LogP) is 3.34. The van der Waals surface area contributed by atoms with Crippen LogP contribution in [0.2, 0.25) is 0 Å². The lowest BCUT2D eigenvalue weighted by Crippen LogP contribution is -2.21. The Hall–Kier alpha value is -4.51.